The van der Waals surface area contributed by atoms with E-state index in [1.807, 2.05) is 20.8 Å². The van der Waals surface area contributed by atoms with Crippen LogP contribution in [0.4, 0.5) is 5.69 Å². The van der Waals surface area contributed by atoms with Crippen molar-refractivity contribution in [2.45, 2.75) is 32.7 Å². The van der Waals surface area contributed by atoms with Crippen LogP contribution >= 0.6 is 11.6 Å². The summed E-state index contributed by atoms with van der Waals surface area (Å²) < 4.78 is 0. The lowest BCUT2D eigenvalue weighted by Gasteiger charge is -2.20. The molecule has 1 aromatic carbocycles. The van der Waals surface area contributed by atoms with Crippen molar-refractivity contribution >= 4 is 29.2 Å². The van der Waals surface area contributed by atoms with Gasteiger partial charge in [0.15, 0.2) is 0 Å². The van der Waals surface area contributed by atoms with Gasteiger partial charge in [0.2, 0.25) is 5.91 Å². The quantitative estimate of drug-likeness (QED) is 0.781. The predicted molar refractivity (Wildman–Crippen MR) is 79.4 cm³/mol. The Hall–Kier alpha value is -1.59. The minimum Gasteiger partial charge on any atom is -0.478 e. The van der Waals surface area contributed by atoms with E-state index < -0.39 is 5.97 Å². The van der Waals surface area contributed by atoms with Crippen LogP contribution in [0.1, 0.15) is 37.6 Å². The van der Waals surface area contributed by atoms with Gasteiger partial charge in [-0.1, -0.05) is 11.6 Å². The normalized spacial score (nSPS) is 11.2. The highest BCUT2D eigenvalue weighted by molar-refractivity contribution is 6.31. The molecule has 0 atom stereocenters. The van der Waals surface area contributed by atoms with Crippen LogP contribution in [0.2, 0.25) is 5.02 Å². The number of halogens is 1. The van der Waals surface area contributed by atoms with Gasteiger partial charge in [0.05, 0.1) is 5.56 Å². The molecule has 0 fully saturated rings. The SMILES string of the molecule is CC(C)(C)NCCC(=O)Nc1cc(Cl)cc(C(=O)O)c1. The van der Waals surface area contributed by atoms with Gasteiger partial charge in [-0.15, -0.1) is 0 Å². The second-order valence-electron chi connectivity index (χ2n) is 5.51. The molecular weight excluding hydrogens is 280 g/mol. The number of amides is 1. The molecule has 0 unspecified atom stereocenters. The number of rotatable bonds is 5. The number of anilines is 1. The number of nitrogens with one attached hydrogen (secondary N) is 2. The molecule has 110 valence electrons. The maximum atomic E-state index is 11.7. The van der Waals surface area contributed by atoms with Crippen LogP contribution in [-0.4, -0.2) is 29.1 Å². The fourth-order valence-electron chi connectivity index (χ4n) is 1.56. The molecule has 5 nitrogen and oxygen atoms in total. The summed E-state index contributed by atoms with van der Waals surface area (Å²) in [6, 6.07) is 4.23. The van der Waals surface area contributed by atoms with E-state index >= 15 is 0 Å². The van der Waals surface area contributed by atoms with Crippen molar-refractivity contribution in [1.82, 2.24) is 5.32 Å². The summed E-state index contributed by atoms with van der Waals surface area (Å²) in [4.78, 5) is 22.6. The van der Waals surface area contributed by atoms with Gasteiger partial charge < -0.3 is 15.7 Å². The van der Waals surface area contributed by atoms with E-state index in [4.69, 9.17) is 16.7 Å². The van der Waals surface area contributed by atoms with Gasteiger partial charge in [0.1, 0.15) is 0 Å². The molecule has 0 radical (unpaired) electrons. The zero-order chi connectivity index (χ0) is 15.3. The lowest BCUT2D eigenvalue weighted by atomic mass is 10.1. The van der Waals surface area contributed by atoms with Crippen molar-refractivity contribution in [3.05, 3.63) is 28.8 Å². The maximum absolute atomic E-state index is 11.7. The molecule has 1 amide bonds. The highest BCUT2D eigenvalue weighted by atomic mass is 35.5. The summed E-state index contributed by atoms with van der Waals surface area (Å²) in [6.45, 7) is 6.59. The number of carbonyl (C=O) groups is 2. The fourth-order valence-corrected chi connectivity index (χ4v) is 1.79. The van der Waals surface area contributed by atoms with Crippen molar-refractivity contribution in [2.75, 3.05) is 11.9 Å². The summed E-state index contributed by atoms with van der Waals surface area (Å²) in [6.07, 6.45) is 0.298. The van der Waals surface area contributed by atoms with Crippen molar-refractivity contribution in [3.63, 3.8) is 0 Å². The number of hydrogen-bond acceptors (Lipinski definition) is 3. The van der Waals surface area contributed by atoms with E-state index in [-0.39, 0.29) is 22.0 Å². The maximum Gasteiger partial charge on any atom is 0.335 e. The van der Waals surface area contributed by atoms with E-state index in [0.717, 1.165) is 0 Å². The molecule has 0 aliphatic carbocycles. The third-order valence-electron chi connectivity index (χ3n) is 2.44. The molecule has 0 aromatic heterocycles. The van der Waals surface area contributed by atoms with Crippen LogP contribution in [0, 0.1) is 0 Å². The van der Waals surface area contributed by atoms with E-state index in [2.05, 4.69) is 10.6 Å². The van der Waals surface area contributed by atoms with Crippen LogP contribution in [0.25, 0.3) is 0 Å². The zero-order valence-corrected chi connectivity index (χ0v) is 12.5. The van der Waals surface area contributed by atoms with E-state index in [1.165, 1.54) is 18.2 Å². The second-order valence-corrected chi connectivity index (χ2v) is 5.95. The summed E-state index contributed by atoms with van der Waals surface area (Å²) in [7, 11) is 0. The van der Waals surface area contributed by atoms with E-state index in [1.54, 1.807) is 0 Å². The summed E-state index contributed by atoms with van der Waals surface area (Å²) >= 11 is 5.81. The van der Waals surface area contributed by atoms with Gasteiger partial charge in [-0.05, 0) is 39.0 Å². The number of carbonyl (C=O) groups excluding carboxylic acids is 1. The summed E-state index contributed by atoms with van der Waals surface area (Å²) in [5.74, 6) is -1.28. The molecule has 0 saturated heterocycles. The molecule has 0 heterocycles. The van der Waals surface area contributed by atoms with Gasteiger partial charge in [-0.3, -0.25) is 4.79 Å². The molecule has 20 heavy (non-hydrogen) atoms. The largest absolute Gasteiger partial charge is 0.478 e. The first-order chi connectivity index (χ1) is 9.17. The third-order valence-corrected chi connectivity index (χ3v) is 2.65. The number of aromatic carboxylic acids is 1. The van der Waals surface area contributed by atoms with Gasteiger partial charge in [0, 0.05) is 29.2 Å². The minimum absolute atomic E-state index is 0.0422. The Balaban J connectivity index is 2.60. The van der Waals surface area contributed by atoms with Gasteiger partial charge in [-0.2, -0.15) is 0 Å². The lowest BCUT2D eigenvalue weighted by Crippen LogP contribution is -2.37. The number of carboxylic acid groups (broad SMARTS) is 1. The van der Waals surface area contributed by atoms with Crippen molar-refractivity contribution in [2.24, 2.45) is 0 Å². The number of benzene rings is 1. The van der Waals surface area contributed by atoms with Crippen LogP contribution < -0.4 is 10.6 Å². The molecular formula is C14H19ClN2O3. The molecule has 1 rings (SSSR count). The average Bonchev–Trinajstić information content (AvgIpc) is 2.25. The fraction of sp³-hybridized carbons (Fsp3) is 0.429. The van der Waals surface area contributed by atoms with Crippen LogP contribution in [0.15, 0.2) is 18.2 Å². The lowest BCUT2D eigenvalue weighted by molar-refractivity contribution is -0.116. The Morgan fingerprint density at radius 3 is 2.45 bits per heavy atom. The Labute approximate surface area is 123 Å². The Morgan fingerprint density at radius 1 is 1.25 bits per heavy atom. The number of carboxylic acids is 1. The van der Waals surface area contributed by atoms with Crippen molar-refractivity contribution in [1.29, 1.82) is 0 Å². The molecule has 0 aliphatic heterocycles. The summed E-state index contributed by atoms with van der Waals surface area (Å²) in [5, 5.41) is 15.0. The average molecular weight is 299 g/mol. The van der Waals surface area contributed by atoms with Crippen LogP contribution in [0.5, 0.6) is 0 Å². The zero-order valence-electron chi connectivity index (χ0n) is 11.8. The Morgan fingerprint density at radius 2 is 1.90 bits per heavy atom. The molecule has 0 spiro atoms. The standard InChI is InChI=1S/C14H19ClN2O3/c1-14(2,3)16-5-4-12(18)17-11-7-9(13(19)20)6-10(15)8-11/h6-8,16H,4-5H2,1-3H3,(H,17,18)(H,19,20). The van der Waals surface area contributed by atoms with Gasteiger partial charge in [-0.25, -0.2) is 4.79 Å². The molecule has 0 saturated carbocycles. The number of hydrogen-bond donors (Lipinski definition) is 3. The van der Waals surface area contributed by atoms with E-state index in [9.17, 15) is 9.59 Å². The second kappa shape index (κ2) is 6.72. The van der Waals surface area contributed by atoms with Gasteiger partial charge in [0.25, 0.3) is 0 Å². The van der Waals surface area contributed by atoms with Crippen molar-refractivity contribution < 1.29 is 14.7 Å². The Kier molecular flexibility index (Phi) is 5.53. The highest BCUT2D eigenvalue weighted by Gasteiger charge is 2.11. The first-order valence-corrected chi connectivity index (χ1v) is 6.64. The van der Waals surface area contributed by atoms with Crippen LogP contribution in [0.3, 0.4) is 0 Å². The predicted octanol–water partition coefficient (Wildman–Crippen LogP) is 2.75. The van der Waals surface area contributed by atoms with Crippen LogP contribution in [-0.2, 0) is 4.79 Å². The topological polar surface area (TPSA) is 78.4 Å². The smallest absolute Gasteiger partial charge is 0.335 e. The third kappa shape index (κ3) is 6.04. The van der Waals surface area contributed by atoms with Gasteiger partial charge >= 0.3 is 5.97 Å². The molecule has 0 bridgehead atoms. The van der Waals surface area contributed by atoms with Crippen molar-refractivity contribution in [3.8, 4) is 0 Å². The first-order valence-electron chi connectivity index (χ1n) is 6.26. The monoisotopic (exact) mass is 298 g/mol. The molecule has 0 aliphatic rings. The minimum atomic E-state index is -1.09. The Bertz CT molecular complexity index is 510. The highest BCUT2D eigenvalue weighted by Crippen LogP contribution is 2.19. The molecule has 1 aromatic rings. The first kappa shape index (κ1) is 16.5. The summed E-state index contributed by atoms with van der Waals surface area (Å²) in [5.41, 5.74) is 0.378. The van der Waals surface area contributed by atoms with E-state index in [0.29, 0.717) is 18.7 Å². The molecule has 6 heteroatoms. The molecule has 3 N–H and O–H groups in total.